The highest BCUT2D eigenvalue weighted by atomic mass is 79.9. The number of benzene rings is 1. The Hall–Kier alpha value is -0.870. The molecule has 1 saturated carbocycles. The number of halogens is 1. The van der Waals surface area contributed by atoms with E-state index in [1.165, 1.54) is 18.4 Å². The lowest BCUT2D eigenvalue weighted by atomic mass is 9.78. The van der Waals surface area contributed by atoms with E-state index in [0.717, 1.165) is 22.5 Å². The summed E-state index contributed by atoms with van der Waals surface area (Å²) in [6, 6.07) is 6.20. The summed E-state index contributed by atoms with van der Waals surface area (Å²) in [5.74, 6) is 1.37. The Morgan fingerprint density at radius 2 is 2.05 bits per heavy atom. The van der Waals surface area contributed by atoms with Crippen LogP contribution >= 0.6 is 15.9 Å². The zero-order chi connectivity index (χ0) is 16.3. The Labute approximate surface area is 142 Å². The van der Waals surface area contributed by atoms with Crippen molar-refractivity contribution in [1.29, 1.82) is 0 Å². The van der Waals surface area contributed by atoms with Gasteiger partial charge in [-0.15, -0.1) is 0 Å². The summed E-state index contributed by atoms with van der Waals surface area (Å²) in [7, 11) is 0. The summed E-state index contributed by atoms with van der Waals surface area (Å²) in [6.45, 7) is 8.59. The number of nitrogens with one attached hydrogen (secondary N) is 2. The summed E-state index contributed by atoms with van der Waals surface area (Å²) < 4.78 is 0.924. The second-order valence-electron chi connectivity index (χ2n) is 6.73. The predicted molar refractivity (Wildman–Crippen MR) is 96.1 cm³/mol. The SMILES string of the molecule is Cc1ccc(NC(=O)C(C)NC2CCCC(C)C2C)c(Br)c1. The van der Waals surface area contributed by atoms with Gasteiger partial charge in [0.25, 0.3) is 0 Å². The average molecular weight is 367 g/mol. The highest BCUT2D eigenvalue weighted by Gasteiger charge is 2.29. The maximum Gasteiger partial charge on any atom is 0.241 e. The van der Waals surface area contributed by atoms with Gasteiger partial charge >= 0.3 is 0 Å². The molecule has 4 heteroatoms. The summed E-state index contributed by atoms with van der Waals surface area (Å²) >= 11 is 3.51. The van der Waals surface area contributed by atoms with Crippen molar-refractivity contribution in [3.63, 3.8) is 0 Å². The zero-order valence-electron chi connectivity index (χ0n) is 13.9. The predicted octanol–water partition coefficient (Wildman–Crippen LogP) is 4.50. The number of aryl methyl sites for hydroxylation is 1. The van der Waals surface area contributed by atoms with E-state index in [0.29, 0.717) is 12.0 Å². The van der Waals surface area contributed by atoms with E-state index >= 15 is 0 Å². The molecule has 122 valence electrons. The molecule has 0 aliphatic heterocycles. The number of amides is 1. The molecule has 3 nitrogen and oxygen atoms in total. The van der Waals surface area contributed by atoms with Gasteiger partial charge in [0.15, 0.2) is 0 Å². The van der Waals surface area contributed by atoms with E-state index in [4.69, 9.17) is 0 Å². The molecule has 1 aromatic carbocycles. The van der Waals surface area contributed by atoms with Gasteiger partial charge in [-0.05, 0) is 65.7 Å². The van der Waals surface area contributed by atoms with Crippen molar-refractivity contribution >= 4 is 27.5 Å². The number of hydrogen-bond donors (Lipinski definition) is 2. The zero-order valence-corrected chi connectivity index (χ0v) is 15.5. The first-order valence-corrected chi connectivity index (χ1v) is 9.01. The Kier molecular flexibility index (Phi) is 6.04. The fourth-order valence-electron chi connectivity index (χ4n) is 3.18. The highest BCUT2D eigenvalue weighted by Crippen LogP contribution is 2.30. The Balaban J connectivity index is 1.94. The number of carbonyl (C=O) groups is 1. The molecule has 0 spiro atoms. The molecule has 0 radical (unpaired) electrons. The normalized spacial score (nSPS) is 26.5. The van der Waals surface area contributed by atoms with Crippen LogP contribution in [0.3, 0.4) is 0 Å². The monoisotopic (exact) mass is 366 g/mol. The molecule has 1 amide bonds. The standard InChI is InChI=1S/C18H27BrN2O/c1-11-8-9-17(15(19)10-11)21-18(22)14(4)20-16-7-5-6-12(2)13(16)3/h8-10,12-14,16,20H,5-7H2,1-4H3,(H,21,22). The molecular formula is C18H27BrN2O. The highest BCUT2D eigenvalue weighted by molar-refractivity contribution is 9.10. The quantitative estimate of drug-likeness (QED) is 0.823. The number of rotatable bonds is 4. The Morgan fingerprint density at radius 3 is 2.73 bits per heavy atom. The van der Waals surface area contributed by atoms with Crippen LogP contribution in [0, 0.1) is 18.8 Å². The lowest BCUT2D eigenvalue weighted by Gasteiger charge is -2.36. The molecule has 0 heterocycles. The van der Waals surface area contributed by atoms with Gasteiger partial charge in [0, 0.05) is 10.5 Å². The van der Waals surface area contributed by atoms with Crippen molar-refractivity contribution in [2.75, 3.05) is 5.32 Å². The number of anilines is 1. The molecule has 0 bridgehead atoms. The smallest absolute Gasteiger partial charge is 0.241 e. The van der Waals surface area contributed by atoms with Gasteiger partial charge in [-0.1, -0.05) is 32.8 Å². The molecule has 0 saturated heterocycles. The molecule has 4 atom stereocenters. The van der Waals surface area contributed by atoms with Crippen molar-refractivity contribution in [2.24, 2.45) is 11.8 Å². The Morgan fingerprint density at radius 1 is 1.32 bits per heavy atom. The molecule has 4 unspecified atom stereocenters. The second-order valence-corrected chi connectivity index (χ2v) is 7.59. The van der Waals surface area contributed by atoms with Gasteiger partial charge in [-0.25, -0.2) is 0 Å². The molecule has 2 N–H and O–H groups in total. The molecule has 22 heavy (non-hydrogen) atoms. The first kappa shape index (κ1) is 17.5. The summed E-state index contributed by atoms with van der Waals surface area (Å²) in [5.41, 5.74) is 2.00. The van der Waals surface area contributed by atoms with E-state index in [2.05, 4.69) is 40.4 Å². The minimum Gasteiger partial charge on any atom is -0.324 e. The molecule has 1 aromatic rings. The Bertz CT molecular complexity index is 532. The summed E-state index contributed by atoms with van der Waals surface area (Å²) in [6.07, 6.45) is 3.72. The fourth-order valence-corrected chi connectivity index (χ4v) is 3.77. The minimum atomic E-state index is -0.189. The van der Waals surface area contributed by atoms with Crippen LogP contribution < -0.4 is 10.6 Å². The van der Waals surface area contributed by atoms with Crippen molar-refractivity contribution < 1.29 is 4.79 Å². The maximum atomic E-state index is 12.4. The van der Waals surface area contributed by atoms with E-state index < -0.39 is 0 Å². The molecule has 1 aliphatic carbocycles. The van der Waals surface area contributed by atoms with E-state index in [1.54, 1.807) is 0 Å². The van der Waals surface area contributed by atoms with Crippen molar-refractivity contribution in [3.8, 4) is 0 Å². The van der Waals surface area contributed by atoms with Crippen LogP contribution in [0.25, 0.3) is 0 Å². The maximum absolute atomic E-state index is 12.4. The van der Waals surface area contributed by atoms with Gasteiger partial charge < -0.3 is 10.6 Å². The van der Waals surface area contributed by atoms with E-state index in [9.17, 15) is 4.79 Å². The third-order valence-electron chi connectivity index (χ3n) is 4.95. The molecule has 1 fully saturated rings. The van der Waals surface area contributed by atoms with Gasteiger partial charge in [-0.2, -0.15) is 0 Å². The third-order valence-corrected chi connectivity index (χ3v) is 5.60. The minimum absolute atomic E-state index is 0.0231. The van der Waals surface area contributed by atoms with Crippen molar-refractivity contribution in [3.05, 3.63) is 28.2 Å². The topological polar surface area (TPSA) is 41.1 Å². The van der Waals surface area contributed by atoms with Crippen LogP contribution in [0.1, 0.15) is 45.6 Å². The van der Waals surface area contributed by atoms with Crippen LogP contribution in [0.5, 0.6) is 0 Å². The lowest BCUT2D eigenvalue weighted by molar-refractivity contribution is -0.118. The van der Waals surface area contributed by atoms with Crippen LogP contribution in [0.2, 0.25) is 0 Å². The lowest BCUT2D eigenvalue weighted by Crippen LogP contribution is -2.49. The van der Waals surface area contributed by atoms with Crippen LogP contribution in [-0.2, 0) is 4.79 Å². The first-order valence-electron chi connectivity index (χ1n) is 8.21. The van der Waals surface area contributed by atoms with Gasteiger partial charge in [0.1, 0.15) is 0 Å². The van der Waals surface area contributed by atoms with Crippen molar-refractivity contribution in [1.82, 2.24) is 5.32 Å². The van der Waals surface area contributed by atoms with Crippen LogP contribution in [0.4, 0.5) is 5.69 Å². The van der Waals surface area contributed by atoms with Crippen LogP contribution in [0.15, 0.2) is 22.7 Å². The van der Waals surface area contributed by atoms with E-state index in [1.807, 2.05) is 32.0 Å². The fraction of sp³-hybridized carbons (Fsp3) is 0.611. The molecule has 0 aromatic heterocycles. The molecule has 2 rings (SSSR count). The van der Waals surface area contributed by atoms with E-state index in [-0.39, 0.29) is 11.9 Å². The van der Waals surface area contributed by atoms with Crippen molar-refractivity contribution in [2.45, 2.75) is 59.0 Å². The average Bonchev–Trinajstić information content (AvgIpc) is 2.46. The number of hydrogen-bond acceptors (Lipinski definition) is 2. The number of carbonyl (C=O) groups excluding carboxylic acids is 1. The van der Waals surface area contributed by atoms with Gasteiger partial charge in [0.05, 0.1) is 11.7 Å². The summed E-state index contributed by atoms with van der Waals surface area (Å²) in [4.78, 5) is 12.4. The largest absolute Gasteiger partial charge is 0.324 e. The molecular weight excluding hydrogens is 340 g/mol. The third kappa shape index (κ3) is 4.32. The van der Waals surface area contributed by atoms with Gasteiger partial charge in [-0.3, -0.25) is 4.79 Å². The second kappa shape index (κ2) is 7.60. The van der Waals surface area contributed by atoms with Gasteiger partial charge in [0.2, 0.25) is 5.91 Å². The molecule has 1 aliphatic rings. The summed E-state index contributed by atoms with van der Waals surface area (Å²) in [5, 5.41) is 6.53. The van der Waals surface area contributed by atoms with Crippen LogP contribution in [-0.4, -0.2) is 18.0 Å². The first-order chi connectivity index (χ1) is 10.4.